The second-order valence-electron chi connectivity index (χ2n) is 12.7. The minimum atomic E-state index is -2.34. The zero-order chi connectivity index (χ0) is 30.7. The molecule has 4 aliphatic carbocycles. The third-order valence-electron chi connectivity index (χ3n) is 9.75. The standard InChI is InChI=1S/C31H42BN4O6/c1-35(2)24-17(14-34-13-15-8-6-7-9-15)12-20(42-5)22-18(24)10-16-11-19-25(36(3)4)27(38)23(30(33)40)28(32)31(19,41)29(39)21(16)26(22)37/h12,15-16,19,25,34,37-38,41H,6-11,13-14H2,1-5H3,(H2,33,40)/t16-,19-,25-,31+/m0/s1. The number of hydrogen-bond donors (Lipinski definition) is 5. The minimum absolute atomic E-state index is 0.0435. The number of likely N-dealkylation sites (N-methyl/N-ethyl adjacent to an activating group) is 1. The molecule has 4 atom stereocenters. The van der Waals surface area contributed by atoms with Crippen LogP contribution >= 0.6 is 0 Å². The molecule has 1 aromatic carbocycles. The quantitative estimate of drug-likeness (QED) is 0.289. The molecule has 42 heavy (non-hydrogen) atoms. The summed E-state index contributed by atoms with van der Waals surface area (Å²) in [6.07, 6.45) is 5.67. The summed E-state index contributed by atoms with van der Waals surface area (Å²) in [4.78, 5) is 30.2. The van der Waals surface area contributed by atoms with Crippen LogP contribution in [0.3, 0.4) is 0 Å². The number of carbonyl (C=O) groups excluding carboxylic acids is 2. The van der Waals surface area contributed by atoms with E-state index < -0.39 is 46.2 Å². The number of nitrogens with two attached hydrogens (primary N) is 1. The zero-order valence-electron chi connectivity index (χ0n) is 25.2. The Morgan fingerprint density at radius 3 is 2.45 bits per heavy atom. The van der Waals surface area contributed by atoms with Crippen LogP contribution in [0.4, 0.5) is 5.69 Å². The zero-order valence-corrected chi connectivity index (χ0v) is 25.2. The predicted molar refractivity (Wildman–Crippen MR) is 163 cm³/mol. The summed E-state index contributed by atoms with van der Waals surface area (Å²) in [7, 11) is 15.1. The molecule has 1 amide bonds. The molecule has 0 aromatic heterocycles. The molecule has 1 aromatic rings. The molecule has 1 radical (unpaired) electrons. The Hall–Kier alpha value is -3.15. The number of ketones is 1. The van der Waals surface area contributed by atoms with Gasteiger partial charge in [-0.2, -0.15) is 0 Å². The van der Waals surface area contributed by atoms with Gasteiger partial charge in [0.2, 0.25) is 0 Å². The average Bonchev–Trinajstić information content (AvgIpc) is 3.43. The van der Waals surface area contributed by atoms with E-state index >= 15 is 0 Å². The second-order valence-corrected chi connectivity index (χ2v) is 12.7. The van der Waals surface area contributed by atoms with E-state index in [1.165, 1.54) is 32.8 Å². The summed E-state index contributed by atoms with van der Waals surface area (Å²) in [6, 6.07) is 1.00. The molecular weight excluding hydrogens is 535 g/mol. The van der Waals surface area contributed by atoms with Gasteiger partial charge in [-0.05, 0) is 18.8 Å². The molecule has 6 N–H and O–H groups in total. The number of Topliss-reactive ketones (excluding diaryl/α,β-unsaturated/α-hetero) is 1. The number of carbonyl (C=O) groups is 2. The van der Waals surface area contributed by atoms with Gasteiger partial charge in [0.25, 0.3) is 0 Å². The van der Waals surface area contributed by atoms with Crippen molar-refractivity contribution in [2.75, 3.05) is 46.7 Å². The van der Waals surface area contributed by atoms with Gasteiger partial charge >= 0.3 is 217 Å². The summed E-state index contributed by atoms with van der Waals surface area (Å²) in [5.74, 6) is -2.72. The molecule has 0 spiro atoms. The van der Waals surface area contributed by atoms with Crippen LogP contribution in [0.1, 0.15) is 48.8 Å². The van der Waals surface area contributed by atoms with E-state index in [-0.39, 0.29) is 23.5 Å². The van der Waals surface area contributed by atoms with Crippen molar-refractivity contribution in [2.45, 2.75) is 56.7 Å². The average molecular weight is 578 g/mol. The summed E-state index contributed by atoms with van der Waals surface area (Å²) >= 11 is 0. The molecule has 5 rings (SSSR count). The Labute approximate surface area is 248 Å². The Balaban J connectivity index is 1.62. The molecule has 10 nitrogen and oxygen atoms in total. The Morgan fingerprint density at radius 1 is 1.21 bits per heavy atom. The number of amides is 1. The Morgan fingerprint density at radius 2 is 1.88 bits per heavy atom. The number of benzene rings is 1. The first-order chi connectivity index (χ1) is 19.8. The van der Waals surface area contributed by atoms with Crippen molar-refractivity contribution in [3.05, 3.63) is 39.7 Å². The van der Waals surface area contributed by atoms with Crippen LogP contribution in [-0.2, 0) is 22.6 Å². The fourth-order valence-corrected chi connectivity index (χ4v) is 7.93. The molecule has 0 unspecified atom stereocenters. The number of hydrogen-bond acceptors (Lipinski definition) is 9. The van der Waals surface area contributed by atoms with E-state index in [0.717, 1.165) is 23.4 Å². The molecule has 4 aliphatic rings. The van der Waals surface area contributed by atoms with Gasteiger partial charge in [0, 0.05) is 0 Å². The van der Waals surface area contributed by atoms with Crippen molar-refractivity contribution in [1.82, 2.24) is 10.2 Å². The molecule has 0 bridgehead atoms. The maximum atomic E-state index is 14.2. The Kier molecular flexibility index (Phi) is 8.06. The van der Waals surface area contributed by atoms with Crippen LogP contribution in [0, 0.1) is 17.8 Å². The van der Waals surface area contributed by atoms with Crippen molar-refractivity contribution in [3.63, 3.8) is 0 Å². The second kappa shape index (κ2) is 11.2. The third kappa shape index (κ3) is 4.57. The van der Waals surface area contributed by atoms with E-state index in [1.807, 2.05) is 25.1 Å². The van der Waals surface area contributed by atoms with Crippen LogP contribution in [0.15, 0.2) is 23.0 Å². The summed E-state index contributed by atoms with van der Waals surface area (Å²) < 4.78 is 5.76. The van der Waals surface area contributed by atoms with Gasteiger partial charge in [0.1, 0.15) is 0 Å². The molecule has 225 valence electrons. The fraction of sp³-hybridized carbons (Fsp3) is 0.581. The van der Waals surface area contributed by atoms with E-state index in [0.29, 0.717) is 30.2 Å². The summed E-state index contributed by atoms with van der Waals surface area (Å²) in [6.45, 7) is 1.56. The molecule has 0 saturated heterocycles. The number of rotatable bonds is 8. The number of nitrogens with one attached hydrogen (secondary N) is 1. The number of anilines is 1. The van der Waals surface area contributed by atoms with Crippen LogP contribution in [0.2, 0.25) is 0 Å². The van der Waals surface area contributed by atoms with Crippen LogP contribution < -0.4 is 20.7 Å². The van der Waals surface area contributed by atoms with Crippen molar-refractivity contribution in [1.29, 1.82) is 0 Å². The van der Waals surface area contributed by atoms with Gasteiger partial charge in [-0.3, -0.25) is 0 Å². The molecule has 2 fully saturated rings. The van der Waals surface area contributed by atoms with E-state index in [4.69, 9.17) is 18.0 Å². The molecular formula is C31H42BN4O6. The molecule has 0 aliphatic heterocycles. The van der Waals surface area contributed by atoms with Gasteiger partial charge in [-0.1, -0.05) is 12.8 Å². The van der Waals surface area contributed by atoms with Gasteiger partial charge < -0.3 is 0 Å². The number of fused-ring (bicyclic) bond motifs is 3. The first-order valence-corrected chi connectivity index (χ1v) is 14.7. The topological polar surface area (TPSA) is 149 Å². The van der Waals surface area contributed by atoms with E-state index in [2.05, 4.69) is 5.32 Å². The third-order valence-corrected chi connectivity index (χ3v) is 9.75. The van der Waals surface area contributed by atoms with Crippen LogP contribution in [0.5, 0.6) is 5.75 Å². The maximum absolute atomic E-state index is 14.2. The van der Waals surface area contributed by atoms with Crippen molar-refractivity contribution in [3.8, 4) is 5.75 Å². The SMILES string of the molecule is [B]=C1C(C(N)=O)=C(O)[C@@H](N(C)C)[C@@H]2C[C@@H]3Cc4c(c(OC)cc(CNCC5CCCC5)c4N(C)C)C(O)=C3C(=O)[C@]12O. The summed E-state index contributed by atoms with van der Waals surface area (Å²) in [5, 5.41) is 38.5. The Bertz CT molecular complexity index is 1400. The van der Waals surface area contributed by atoms with Gasteiger partial charge in [-0.25, -0.2) is 0 Å². The van der Waals surface area contributed by atoms with Crippen molar-refractivity contribution >= 4 is 36.1 Å². The first-order valence-electron chi connectivity index (χ1n) is 14.7. The van der Waals surface area contributed by atoms with Crippen LogP contribution in [-0.4, -0.2) is 98.3 Å². The summed E-state index contributed by atoms with van der Waals surface area (Å²) in [5.41, 5.74) is 5.53. The monoisotopic (exact) mass is 577 g/mol. The number of ether oxygens (including phenoxy) is 1. The van der Waals surface area contributed by atoms with Crippen LogP contribution in [0.25, 0.3) is 5.76 Å². The molecule has 0 heterocycles. The number of aliphatic hydroxyl groups excluding tert-OH is 2. The first kappa shape index (κ1) is 30.3. The van der Waals surface area contributed by atoms with Gasteiger partial charge in [0.05, 0.1) is 0 Å². The number of aliphatic hydroxyl groups is 3. The van der Waals surface area contributed by atoms with Gasteiger partial charge in [0.15, 0.2) is 0 Å². The normalized spacial score (nSPS) is 27.7. The van der Waals surface area contributed by atoms with E-state index in [1.54, 1.807) is 19.0 Å². The van der Waals surface area contributed by atoms with E-state index in [9.17, 15) is 24.9 Å². The van der Waals surface area contributed by atoms with Gasteiger partial charge in [-0.15, -0.1) is 0 Å². The fourth-order valence-electron chi connectivity index (χ4n) is 7.93. The van der Waals surface area contributed by atoms with Crippen molar-refractivity contribution < 1.29 is 29.6 Å². The number of primary amides is 1. The molecule has 2 saturated carbocycles. The number of methoxy groups -OCH3 is 1. The predicted octanol–water partition coefficient (Wildman–Crippen LogP) is 1.38. The van der Waals surface area contributed by atoms with Crippen molar-refractivity contribution in [2.24, 2.45) is 23.5 Å². The molecule has 11 heteroatoms. The number of nitrogens with zero attached hydrogens (tertiary/aromatic N) is 2.